The number of nitrogens with one attached hydrogen (secondary N) is 1. The number of nitrogens with zero attached hydrogens (tertiary/aromatic N) is 1. The predicted octanol–water partition coefficient (Wildman–Crippen LogP) is 16.8. The second kappa shape index (κ2) is 18.7. The van der Waals surface area contributed by atoms with Crippen molar-refractivity contribution < 1.29 is 0 Å². The Morgan fingerprint density at radius 1 is 0.652 bits per heavy atom. The maximum absolute atomic E-state index is 4.72. The van der Waals surface area contributed by atoms with E-state index in [1.165, 1.54) is 66.4 Å². The van der Waals surface area contributed by atoms with Crippen LogP contribution in [-0.2, 0) is 5.41 Å². The third-order valence-electron chi connectivity index (χ3n) is 14.3. The monoisotopic (exact) mass is 886 g/mol. The first-order valence-corrected chi connectivity index (χ1v) is 24.1. The van der Waals surface area contributed by atoms with Crippen molar-refractivity contribution in [1.29, 1.82) is 0 Å². The lowest BCUT2D eigenvalue weighted by atomic mass is 9.67. The summed E-state index contributed by atoms with van der Waals surface area (Å²) in [5.41, 5.74) is 20.5. The van der Waals surface area contributed by atoms with Gasteiger partial charge in [0.2, 0.25) is 0 Å². The average Bonchev–Trinajstić information content (AvgIpc) is 3.72. The third kappa shape index (κ3) is 7.94. The first-order valence-electron chi connectivity index (χ1n) is 24.1. The highest BCUT2D eigenvalue weighted by Gasteiger charge is 2.46. The van der Waals surface area contributed by atoms with Gasteiger partial charge < -0.3 is 10.2 Å². The predicted molar refractivity (Wildman–Crippen MR) is 295 cm³/mol. The maximum atomic E-state index is 4.72. The van der Waals surface area contributed by atoms with Crippen LogP contribution in [0.3, 0.4) is 0 Å². The molecule has 0 amide bonds. The molecule has 0 spiro atoms. The van der Waals surface area contributed by atoms with Gasteiger partial charge in [0.05, 0.1) is 5.41 Å². The molecule has 0 unspecified atom stereocenters. The van der Waals surface area contributed by atoms with E-state index in [4.69, 9.17) is 6.58 Å². The molecule has 11 rings (SSSR count). The van der Waals surface area contributed by atoms with E-state index in [0.717, 1.165) is 57.9 Å². The summed E-state index contributed by atoms with van der Waals surface area (Å²) in [4.78, 5) is 2.41. The van der Waals surface area contributed by atoms with E-state index in [9.17, 15) is 0 Å². The Kier molecular flexibility index (Phi) is 11.7. The van der Waals surface area contributed by atoms with Crippen LogP contribution in [0.25, 0.3) is 45.0 Å². The van der Waals surface area contributed by atoms with Crippen LogP contribution in [-0.4, -0.2) is 6.54 Å². The van der Waals surface area contributed by atoms with Crippen LogP contribution in [0.1, 0.15) is 69.8 Å². The van der Waals surface area contributed by atoms with Gasteiger partial charge in [-0.05, 0) is 139 Å². The van der Waals surface area contributed by atoms with Gasteiger partial charge in [-0.2, -0.15) is 0 Å². The molecule has 2 aliphatic carbocycles. The van der Waals surface area contributed by atoms with E-state index in [-0.39, 0.29) is 0 Å². The minimum atomic E-state index is -0.506. The Balaban J connectivity index is 0.945. The van der Waals surface area contributed by atoms with E-state index in [1.54, 1.807) is 0 Å². The van der Waals surface area contributed by atoms with Gasteiger partial charge >= 0.3 is 0 Å². The normalized spacial score (nSPS) is 15.5. The fourth-order valence-electron chi connectivity index (χ4n) is 10.7. The van der Waals surface area contributed by atoms with E-state index < -0.39 is 5.41 Å². The molecule has 0 aromatic heterocycles. The number of anilines is 2. The Morgan fingerprint density at radius 2 is 1.28 bits per heavy atom. The van der Waals surface area contributed by atoms with Gasteiger partial charge in [0.1, 0.15) is 0 Å². The van der Waals surface area contributed by atoms with Crippen LogP contribution in [0.15, 0.2) is 261 Å². The van der Waals surface area contributed by atoms with Crippen LogP contribution >= 0.6 is 0 Å². The van der Waals surface area contributed by atoms with Gasteiger partial charge in [0.15, 0.2) is 0 Å². The van der Waals surface area contributed by atoms with Gasteiger partial charge in [-0.3, -0.25) is 0 Å². The van der Waals surface area contributed by atoms with Crippen LogP contribution in [0.5, 0.6) is 0 Å². The summed E-state index contributed by atoms with van der Waals surface area (Å²) >= 11 is 0. The quantitative estimate of drug-likeness (QED) is 0.131. The zero-order chi connectivity index (χ0) is 46.7. The molecule has 0 bridgehead atoms. The number of hydrogen-bond donors (Lipinski definition) is 1. The largest absolute Gasteiger partial charge is 0.354 e. The van der Waals surface area contributed by atoms with Crippen molar-refractivity contribution >= 4 is 56.3 Å². The zero-order valence-electron chi connectivity index (χ0n) is 39.1. The summed E-state index contributed by atoms with van der Waals surface area (Å²) in [6.45, 7) is 12.0. The molecule has 1 aliphatic heterocycles. The summed E-state index contributed by atoms with van der Waals surface area (Å²) in [6.07, 6.45) is 17.8. The first kappa shape index (κ1) is 43.1. The lowest BCUT2D eigenvalue weighted by Gasteiger charge is -2.34. The topological polar surface area (TPSA) is 15.3 Å². The SMILES string of the molecule is C=CC1=C(/C=C\CN(c2ccc(C(=C)/C(C)=C3\NC(c4ccc5ccccc5c4)=Cc4ccccc43)cc2)c2ccc(C3=CC=CCC3)cc2)c2ccccc2C1(c1ccccc1)c1ccccc1. The summed E-state index contributed by atoms with van der Waals surface area (Å²) in [7, 11) is 0. The van der Waals surface area contributed by atoms with E-state index in [1.807, 2.05) is 0 Å². The molecule has 2 nitrogen and oxygen atoms in total. The van der Waals surface area contributed by atoms with E-state index in [0.29, 0.717) is 6.54 Å². The van der Waals surface area contributed by atoms with E-state index >= 15 is 0 Å². The molecule has 8 aromatic rings. The Bertz CT molecular complexity index is 3410. The summed E-state index contributed by atoms with van der Waals surface area (Å²) < 4.78 is 0. The number of fused-ring (bicyclic) bond motifs is 3. The average molecular weight is 887 g/mol. The minimum absolute atomic E-state index is 0.506. The van der Waals surface area contributed by atoms with Gasteiger partial charge in [0.25, 0.3) is 0 Å². The molecule has 1 N–H and O–H groups in total. The van der Waals surface area contributed by atoms with Crippen molar-refractivity contribution in [2.24, 2.45) is 0 Å². The van der Waals surface area contributed by atoms with Crippen molar-refractivity contribution in [2.75, 3.05) is 11.4 Å². The van der Waals surface area contributed by atoms with Gasteiger partial charge in [-0.15, -0.1) is 0 Å². The number of benzene rings is 8. The second-order valence-corrected chi connectivity index (χ2v) is 18.1. The molecule has 332 valence electrons. The highest BCUT2D eigenvalue weighted by atomic mass is 15.1. The number of rotatable bonds is 12. The molecule has 1 heterocycles. The van der Waals surface area contributed by atoms with Crippen LogP contribution < -0.4 is 10.2 Å². The van der Waals surface area contributed by atoms with Crippen LogP contribution in [0.4, 0.5) is 11.4 Å². The molecule has 3 aliphatic rings. The molecule has 0 saturated heterocycles. The zero-order valence-corrected chi connectivity index (χ0v) is 39.1. The minimum Gasteiger partial charge on any atom is -0.354 e. The fraction of sp³-hybridized carbons (Fsp3) is 0.0746. The third-order valence-corrected chi connectivity index (χ3v) is 14.3. The molecule has 0 radical (unpaired) electrons. The number of hydrogen-bond acceptors (Lipinski definition) is 2. The van der Waals surface area contributed by atoms with Gasteiger partial charge in [-0.25, -0.2) is 0 Å². The molecule has 2 heteroatoms. The Labute approximate surface area is 407 Å². The van der Waals surface area contributed by atoms with Crippen molar-refractivity contribution in [3.05, 3.63) is 311 Å². The van der Waals surface area contributed by atoms with E-state index in [2.05, 4.69) is 266 Å². The summed E-state index contributed by atoms with van der Waals surface area (Å²) in [6, 6.07) is 72.5. The highest BCUT2D eigenvalue weighted by Crippen LogP contribution is 2.55. The fourth-order valence-corrected chi connectivity index (χ4v) is 10.7. The van der Waals surface area contributed by atoms with Crippen LogP contribution in [0.2, 0.25) is 0 Å². The molecule has 0 fully saturated rings. The molecular formula is C67H54N2. The molecule has 8 aromatic carbocycles. The lowest BCUT2D eigenvalue weighted by Crippen LogP contribution is -2.29. The molecule has 69 heavy (non-hydrogen) atoms. The standard InChI is InChI=1S/C67H54N2/c1-4-63-61(62-31-18-19-33-64(62)67(63,56-26-10-6-11-27-56)57-28-12-7-13-29-57)32-20-44-69(59-42-38-52(39-43-59)50-21-8-5-9-22-50)58-40-36-49(37-41-58)47(2)48(3)66-60-30-17-16-25-54(60)46-65(68-66)55-35-34-51-23-14-15-24-53(51)45-55/h4-8,10-21,23-43,45-46,68H,1-2,9,22,44H2,3H3/b32-20-,66-48-. The lowest BCUT2D eigenvalue weighted by molar-refractivity contribution is 0.762. The van der Waals surface area contributed by atoms with Crippen molar-refractivity contribution in [1.82, 2.24) is 5.32 Å². The summed E-state index contributed by atoms with van der Waals surface area (Å²) in [5.74, 6) is 0. The van der Waals surface area contributed by atoms with Gasteiger partial charge in [-0.1, -0.05) is 219 Å². The highest BCUT2D eigenvalue weighted by molar-refractivity contribution is 6.00. The second-order valence-electron chi connectivity index (χ2n) is 18.1. The Morgan fingerprint density at radius 3 is 1.97 bits per heavy atom. The molecule has 0 saturated carbocycles. The smallest absolute Gasteiger partial charge is 0.0713 e. The van der Waals surface area contributed by atoms with Gasteiger partial charge in [0, 0.05) is 34.9 Å². The molecule has 0 atom stereocenters. The van der Waals surface area contributed by atoms with Crippen molar-refractivity contribution in [2.45, 2.75) is 25.2 Å². The Hall–Kier alpha value is -8.46. The summed E-state index contributed by atoms with van der Waals surface area (Å²) in [5, 5.41) is 6.30. The van der Waals surface area contributed by atoms with Crippen molar-refractivity contribution in [3.8, 4) is 0 Å². The molecular weight excluding hydrogens is 833 g/mol. The van der Waals surface area contributed by atoms with Crippen LogP contribution in [0, 0.1) is 0 Å². The first-order chi connectivity index (χ1) is 34.0. The van der Waals surface area contributed by atoms with Crippen molar-refractivity contribution in [3.63, 3.8) is 0 Å². The maximum Gasteiger partial charge on any atom is 0.0713 e. The number of allylic oxidation sites excluding steroid dienone is 10.